The van der Waals surface area contributed by atoms with Crippen molar-refractivity contribution in [2.45, 2.75) is 45.3 Å². The number of carbonyl (C=O) groups excluding carboxylic acids is 1. The molecule has 33 heavy (non-hydrogen) atoms. The molecular weight excluding hydrogens is 428 g/mol. The SMILES string of the molecule is CCOC(=O)C1CN(c2cc(C3CC3)cn3cc(CN(N)/C=C(/C)N)nc23)CCO1.O=CO. The highest BCUT2D eigenvalue weighted by atomic mass is 16.6. The summed E-state index contributed by atoms with van der Waals surface area (Å²) in [6.45, 7) is 5.74. The fourth-order valence-corrected chi connectivity index (χ4v) is 3.84. The van der Waals surface area contributed by atoms with Gasteiger partial charge in [0.25, 0.3) is 6.47 Å². The minimum Gasteiger partial charge on any atom is -0.483 e. The lowest BCUT2D eigenvalue weighted by atomic mass is 10.1. The van der Waals surface area contributed by atoms with Gasteiger partial charge in [-0.05, 0) is 44.2 Å². The molecule has 1 saturated carbocycles. The van der Waals surface area contributed by atoms with Crippen LogP contribution >= 0.6 is 0 Å². The van der Waals surface area contributed by atoms with E-state index >= 15 is 0 Å². The van der Waals surface area contributed by atoms with E-state index in [2.05, 4.69) is 21.6 Å². The number of hydrazine groups is 1. The van der Waals surface area contributed by atoms with Crippen LogP contribution in [0.25, 0.3) is 5.65 Å². The van der Waals surface area contributed by atoms with E-state index in [0.29, 0.717) is 44.5 Å². The quantitative estimate of drug-likeness (QED) is 0.238. The van der Waals surface area contributed by atoms with Gasteiger partial charge >= 0.3 is 5.97 Å². The second-order valence-corrected chi connectivity index (χ2v) is 8.10. The zero-order chi connectivity index (χ0) is 24.0. The third-order valence-electron chi connectivity index (χ3n) is 5.32. The number of carbonyl (C=O) groups is 2. The fraction of sp³-hybridized carbons (Fsp3) is 0.500. The summed E-state index contributed by atoms with van der Waals surface area (Å²) in [7, 11) is 0. The topological polar surface area (TPSA) is 149 Å². The highest BCUT2D eigenvalue weighted by molar-refractivity contribution is 5.77. The number of imidazole rings is 1. The fourth-order valence-electron chi connectivity index (χ4n) is 3.84. The predicted octanol–water partition coefficient (Wildman–Crippen LogP) is 1.18. The molecule has 1 aliphatic carbocycles. The maximum atomic E-state index is 12.2. The predicted molar refractivity (Wildman–Crippen MR) is 122 cm³/mol. The van der Waals surface area contributed by atoms with Gasteiger partial charge in [-0.25, -0.2) is 15.6 Å². The molecule has 2 fully saturated rings. The molecule has 0 spiro atoms. The summed E-state index contributed by atoms with van der Waals surface area (Å²) in [5.41, 5.74) is 10.4. The molecule has 0 bridgehead atoms. The minimum atomic E-state index is -0.588. The van der Waals surface area contributed by atoms with Crippen LogP contribution in [-0.2, 0) is 25.6 Å². The van der Waals surface area contributed by atoms with Gasteiger partial charge in [-0.3, -0.25) is 4.79 Å². The lowest BCUT2D eigenvalue weighted by Gasteiger charge is -2.33. The first-order chi connectivity index (χ1) is 15.9. The van der Waals surface area contributed by atoms with E-state index in [0.717, 1.165) is 17.0 Å². The van der Waals surface area contributed by atoms with Crippen LogP contribution in [0.2, 0.25) is 0 Å². The number of hydrogen-bond donors (Lipinski definition) is 3. The standard InChI is InChI=1S/C21H30N6O3.CH2O2/c1-3-29-21(28)19-13-25(6-7-30-19)18-8-16(15-4-5-15)10-26-11-17(24-20(18)26)12-27(23)9-14(2)22;2-1-3/h8-11,15,19H,3-7,12-13,22-23H2,1-2H3;1H,(H,2,3)/b14-9-;. The van der Waals surface area contributed by atoms with E-state index in [1.54, 1.807) is 20.0 Å². The van der Waals surface area contributed by atoms with Gasteiger partial charge in [-0.15, -0.1) is 0 Å². The van der Waals surface area contributed by atoms with E-state index in [9.17, 15) is 4.79 Å². The summed E-state index contributed by atoms with van der Waals surface area (Å²) in [4.78, 5) is 27.6. The molecule has 1 saturated heterocycles. The third kappa shape index (κ3) is 6.36. The molecule has 0 radical (unpaired) electrons. The van der Waals surface area contributed by atoms with Crippen molar-refractivity contribution < 1.29 is 24.2 Å². The van der Waals surface area contributed by atoms with E-state index in [1.807, 2.05) is 6.20 Å². The normalized spacial score (nSPS) is 18.5. The molecule has 180 valence electrons. The Morgan fingerprint density at radius 1 is 1.42 bits per heavy atom. The molecule has 11 nitrogen and oxygen atoms in total. The number of rotatable bonds is 7. The molecule has 2 aliphatic rings. The van der Waals surface area contributed by atoms with Crippen LogP contribution in [0.4, 0.5) is 5.69 Å². The number of aromatic nitrogens is 2. The van der Waals surface area contributed by atoms with Crippen LogP contribution in [0.1, 0.15) is 43.9 Å². The number of nitrogens with two attached hydrogens (primary N) is 2. The summed E-state index contributed by atoms with van der Waals surface area (Å²) in [5.74, 6) is 6.30. The van der Waals surface area contributed by atoms with Crippen molar-refractivity contribution in [1.29, 1.82) is 0 Å². The summed E-state index contributed by atoms with van der Waals surface area (Å²) >= 11 is 0. The highest BCUT2D eigenvalue weighted by Gasteiger charge is 2.31. The smallest absolute Gasteiger partial charge is 0.337 e. The average Bonchev–Trinajstić information content (AvgIpc) is 3.53. The van der Waals surface area contributed by atoms with Crippen LogP contribution in [0, 0.1) is 0 Å². The number of morpholine rings is 1. The van der Waals surface area contributed by atoms with Crippen molar-refractivity contribution in [2.24, 2.45) is 11.6 Å². The molecule has 3 heterocycles. The van der Waals surface area contributed by atoms with Gasteiger partial charge in [-0.2, -0.15) is 0 Å². The Balaban J connectivity index is 0.000000968. The molecule has 5 N–H and O–H groups in total. The molecule has 2 aromatic rings. The Bertz CT molecular complexity index is 999. The number of hydrogen-bond acceptors (Lipinski definition) is 9. The van der Waals surface area contributed by atoms with Gasteiger partial charge in [0.15, 0.2) is 11.8 Å². The van der Waals surface area contributed by atoms with Crippen molar-refractivity contribution in [3.63, 3.8) is 0 Å². The number of pyridine rings is 1. The molecule has 1 unspecified atom stereocenters. The maximum absolute atomic E-state index is 12.2. The molecule has 1 atom stereocenters. The van der Waals surface area contributed by atoms with E-state index in [1.165, 1.54) is 23.4 Å². The molecule has 0 amide bonds. The van der Waals surface area contributed by atoms with Crippen LogP contribution in [0.3, 0.4) is 0 Å². The Morgan fingerprint density at radius 2 is 2.15 bits per heavy atom. The van der Waals surface area contributed by atoms with E-state index in [-0.39, 0.29) is 12.4 Å². The number of esters is 1. The number of carboxylic acid groups (broad SMARTS) is 1. The molecule has 1 aliphatic heterocycles. The van der Waals surface area contributed by atoms with Crippen molar-refractivity contribution in [3.05, 3.63) is 41.6 Å². The van der Waals surface area contributed by atoms with Crippen LogP contribution in [0.15, 0.2) is 30.4 Å². The number of nitrogens with zero attached hydrogens (tertiary/aromatic N) is 4. The number of ether oxygens (including phenoxy) is 2. The second-order valence-electron chi connectivity index (χ2n) is 8.10. The van der Waals surface area contributed by atoms with Crippen molar-refractivity contribution in [2.75, 3.05) is 31.2 Å². The summed E-state index contributed by atoms with van der Waals surface area (Å²) in [5, 5.41) is 8.42. The van der Waals surface area contributed by atoms with Crippen molar-refractivity contribution in [3.8, 4) is 0 Å². The van der Waals surface area contributed by atoms with Crippen molar-refractivity contribution >= 4 is 23.8 Å². The van der Waals surface area contributed by atoms with Crippen LogP contribution in [-0.4, -0.2) is 64.3 Å². The number of allylic oxidation sites excluding steroid dienone is 1. The Kier molecular flexibility index (Phi) is 8.12. The van der Waals surface area contributed by atoms with Gasteiger partial charge in [0.2, 0.25) is 0 Å². The zero-order valence-electron chi connectivity index (χ0n) is 19.0. The lowest BCUT2D eigenvalue weighted by molar-refractivity contribution is -0.157. The van der Waals surface area contributed by atoms with Crippen LogP contribution in [0.5, 0.6) is 0 Å². The number of anilines is 1. The minimum absolute atomic E-state index is 0.250. The largest absolute Gasteiger partial charge is 0.483 e. The molecular formula is C22H32N6O5. The average molecular weight is 461 g/mol. The zero-order valence-corrected chi connectivity index (χ0v) is 19.0. The first kappa shape index (κ1) is 24.3. The summed E-state index contributed by atoms with van der Waals surface area (Å²) < 4.78 is 12.9. The first-order valence-corrected chi connectivity index (χ1v) is 10.9. The lowest BCUT2D eigenvalue weighted by Crippen LogP contribution is -2.47. The number of fused-ring (bicyclic) bond motifs is 1. The summed E-state index contributed by atoms with van der Waals surface area (Å²) in [6, 6.07) is 2.21. The molecule has 0 aromatic carbocycles. The third-order valence-corrected chi connectivity index (χ3v) is 5.32. The van der Waals surface area contributed by atoms with Crippen molar-refractivity contribution in [1.82, 2.24) is 14.4 Å². The van der Waals surface area contributed by atoms with E-state index < -0.39 is 6.10 Å². The van der Waals surface area contributed by atoms with E-state index in [4.69, 9.17) is 35.9 Å². The van der Waals surface area contributed by atoms with Gasteiger partial charge in [0, 0.05) is 30.8 Å². The Hall–Kier alpha value is -3.31. The van der Waals surface area contributed by atoms with Gasteiger partial charge in [-0.1, -0.05) is 0 Å². The second kappa shape index (κ2) is 11.0. The van der Waals surface area contributed by atoms with Gasteiger partial charge in [0.1, 0.15) is 0 Å². The maximum Gasteiger partial charge on any atom is 0.337 e. The molecule has 2 aromatic heterocycles. The first-order valence-electron chi connectivity index (χ1n) is 10.9. The Morgan fingerprint density at radius 3 is 2.79 bits per heavy atom. The van der Waals surface area contributed by atoms with Gasteiger partial charge < -0.3 is 34.6 Å². The summed E-state index contributed by atoms with van der Waals surface area (Å²) in [6.07, 6.45) is 7.67. The molecule has 11 heteroatoms. The molecule has 4 rings (SSSR count). The Labute approximate surface area is 192 Å². The monoisotopic (exact) mass is 460 g/mol. The highest BCUT2D eigenvalue weighted by Crippen LogP contribution is 2.42. The van der Waals surface area contributed by atoms with Crippen LogP contribution < -0.4 is 16.5 Å². The van der Waals surface area contributed by atoms with Gasteiger partial charge in [0.05, 0.1) is 37.7 Å².